The summed E-state index contributed by atoms with van der Waals surface area (Å²) >= 11 is 5.90. The molecule has 1 aromatic heterocycles. The zero-order valence-corrected chi connectivity index (χ0v) is 13.4. The van der Waals surface area contributed by atoms with E-state index in [0.717, 1.165) is 0 Å². The van der Waals surface area contributed by atoms with E-state index in [1.54, 1.807) is 25.1 Å². The summed E-state index contributed by atoms with van der Waals surface area (Å²) < 4.78 is 26.9. The summed E-state index contributed by atoms with van der Waals surface area (Å²) in [5, 5.41) is 11.1. The SMILES string of the molecule is C=CCNc1ccc(NS(=O)(=O)c2ccc(Cl)c(C)c2)nn1. The molecule has 116 valence electrons. The topological polar surface area (TPSA) is 84.0 Å². The highest BCUT2D eigenvalue weighted by molar-refractivity contribution is 7.92. The number of aryl methyl sites for hydroxylation is 1. The van der Waals surface area contributed by atoms with Crippen molar-refractivity contribution in [3.8, 4) is 0 Å². The lowest BCUT2D eigenvalue weighted by Gasteiger charge is -2.09. The molecule has 0 saturated heterocycles. The van der Waals surface area contributed by atoms with Gasteiger partial charge >= 0.3 is 0 Å². The highest BCUT2D eigenvalue weighted by Crippen LogP contribution is 2.21. The fourth-order valence-electron chi connectivity index (χ4n) is 1.64. The molecule has 22 heavy (non-hydrogen) atoms. The Morgan fingerprint density at radius 3 is 2.50 bits per heavy atom. The van der Waals surface area contributed by atoms with Crippen LogP contribution in [0.4, 0.5) is 11.6 Å². The molecule has 1 heterocycles. The Hall–Kier alpha value is -2.12. The summed E-state index contributed by atoms with van der Waals surface area (Å²) in [6, 6.07) is 7.63. The van der Waals surface area contributed by atoms with Crippen molar-refractivity contribution in [2.45, 2.75) is 11.8 Å². The average molecular weight is 339 g/mol. The third kappa shape index (κ3) is 3.96. The minimum Gasteiger partial charge on any atom is -0.365 e. The van der Waals surface area contributed by atoms with Gasteiger partial charge in [0.1, 0.15) is 5.82 Å². The molecule has 0 amide bonds. The van der Waals surface area contributed by atoms with Crippen molar-refractivity contribution in [3.05, 3.63) is 53.6 Å². The van der Waals surface area contributed by atoms with Crippen LogP contribution in [-0.2, 0) is 10.0 Å². The molecule has 0 saturated carbocycles. The first-order valence-electron chi connectivity index (χ1n) is 6.40. The second kappa shape index (κ2) is 6.76. The Kier molecular flexibility index (Phi) is 4.99. The minimum atomic E-state index is -3.73. The first-order chi connectivity index (χ1) is 10.4. The Labute approximate surface area is 134 Å². The van der Waals surface area contributed by atoms with E-state index in [1.165, 1.54) is 18.2 Å². The van der Waals surface area contributed by atoms with Crippen LogP contribution in [0.25, 0.3) is 0 Å². The van der Waals surface area contributed by atoms with Crippen molar-refractivity contribution in [2.24, 2.45) is 0 Å². The molecule has 2 rings (SSSR count). The van der Waals surface area contributed by atoms with Gasteiger partial charge in [0, 0.05) is 11.6 Å². The van der Waals surface area contributed by atoms with E-state index in [9.17, 15) is 8.42 Å². The number of rotatable bonds is 6. The summed E-state index contributed by atoms with van der Waals surface area (Å²) in [6.45, 7) is 5.86. The van der Waals surface area contributed by atoms with E-state index >= 15 is 0 Å². The maximum absolute atomic E-state index is 12.3. The molecule has 2 N–H and O–H groups in total. The monoisotopic (exact) mass is 338 g/mol. The number of sulfonamides is 1. The molecule has 2 aromatic rings. The van der Waals surface area contributed by atoms with Gasteiger partial charge in [-0.1, -0.05) is 17.7 Å². The summed E-state index contributed by atoms with van der Waals surface area (Å²) in [7, 11) is -3.73. The lowest BCUT2D eigenvalue weighted by Crippen LogP contribution is -2.14. The lowest BCUT2D eigenvalue weighted by atomic mass is 10.2. The van der Waals surface area contributed by atoms with Crippen LogP contribution in [0.1, 0.15) is 5.56 Å². The van der Waals surface area contributed by atoms with E-state index in [4.69, 9.17) is 11.6 Å². The van der Waals surface area contributed by atoms with Crippen LogP contribution in [-0.4, -0.2) is 25.2 Å². The van der Waals surface area contributed by atoms with Gasteiger partial charge in [-0.05, 0) is 42.8 Å². The number of anilines is 2. The zero-order chi connectivity index (χ0) is 16.2. The molecule has 0 fully saturated rings. The molecule has 0 atom stereocenters. The van der Waals surface area contributed by atoms with Crippen LogP contribution in [0.3, 0.4) is 0 Å². The van der Waals surface area contributed by atoms with Gasteiger partial charge in [-0.3, -0.25) is 4.72 Å². The van der Waals surface area contributed by atoms with Gasteiger partial charge in [-0.15, -0.1) is 16.8 Å². The number of nitrogens with zero attached hydrogens (tertiary/aromatic N) is 2. The Morgan fingerprint density at radius 1 is 1.23 bits per heavy atom. The van der Waals surface area contributed by atoms with Gasteiger partial charge in [0.25, 0.3) is 10.0 Å². The maximum Gasteiger partial charge on any atom is 0.263 e. The molecular weight excluding hydrogens is 324 g/mol. The Balaban J connectivity index is 2.17. The van der Waals surface area contributed by atoms with Crippen molar-refractivity contribution >= 4 is 33.3 Å². The Morgan fingerprint density at radius 2 is 1.91 bits per heavy atom. The number of hydrogen-bond donors (Lipinski definition) is 2. The fourth-order valence-corrected chi connectivity index (χ4v) is 2.84. The summed E-state index contributed by atoms with van der Waals surface area (Å²) in [6.07, 6.45) is 1.68. The highest BCUT2D eigenvalue weighted by Gasteiger charge is 2.16. The van der Waals surface area contributed by atoms with Crippen molar-refractivity contribution in [1.82, 2.24) is 10.2 Å². The van der Waals surface area contributed by atoms with E-state index in [1.807, 2.05) is 0 Å². The van der Waals surface area contributed by atoms with Crippen molar-refractivity contribution in [1.29, 1.82) is 0 Å². The first-order valence-corrected chi connectivity index (χ1v) is 8.26. The van der Waals surface area contributed by atoms with Crippen molar-refractivity contribution in [2.75, 3.05) is 16.6 Å². The van der Waals surface area contributed by atoms with Crippen molar-refractivity contribution < 1.29 is 8.42 Å². The number of nitrogens with one attached hydrogen (secondary N) is 2. The summed E-state index contributed by atoms with van der Waals surface area (Å²) in [4.78, 5) is 0.116. The van der Waals surface area contributed by atoms with Gasteiger partial charge < -0.3 is 5.32 Å². The summed E-state index contributed by atoms with van der Waals surface area (Å²) in [5.41, 5.74) is 0.680. The van der Waals surface area contributed by atoms with E-state index < -0.39 is 10.0 Å². The molecule has 6 nitrogen and oxygen atoms in total. The largest absolute Gasteiger partial charge is 0.365 e. The zero-order valence-electron chi connectivity index (χ0n) is 11.9. The first kappa shape index (κ1) is 16.3. The average Bonchev–Trinajstić information content (AvgIpc) is 2.49. The van der Waals surface area contributed by atoms with Crippen LogP contribution in [0, 0.1) is 6.92 Å². The molecule has 0 aliphatic carbocycles. The lowest BCUT2D eigenvalue weighted by molar-refractivity contribution is 0.601. The number of halogens is 1. The third-order valence-electron chi connectivity index (χ3n) is 2.77. The maximum atomic E-state index is 12.3. The van der Waals surface area contributed by atoms with Crippen LogP contribution in [0.2, 0.25) is 5.02 Å². The second-order valence-corrected chi connectivity index (χ2v) is 6.58. The van der Waals surface area contributed by atoms with Gasteiger partial charge in [0.2, 0.25) is 0 Å². The quantitative estimate of drug-likeness (QED) is 0.791. The summed E-state index contributed by atoms with van der Waals surface area (Å²) in [5.74, 6) is 0.668. The van der Waals surface area contributed by atoms with Gasteiger partial charge in [0.05, 0.1) is 4.90 Å². The number of hydrogen-bond acceptors (Lipinski definition) is 5. The smallest absolute Gasteiger partial charge is 0.263 e. The molecule has 0 aliphatic rings. The van der Waals surface area contributed by atoms with Crippen LogP contribution < -0.4 is 10.0 Å². The number of benzene rings is 1. The predicted octanol–water partition coefficient (Wildman–Crippen LogP) is 2.84. The van der Waals surface area contributed by atoms with Crippen LogP contribution >= 0.6 is 11.6 Å². The van der Waals surface area contributed by atoms with Crippen LogP contribution in [0.5, 0.6) is 0 Å². The standard InChI is InChI=1S/C14H15ClN4O2S/c1-3-8-16-13-6-7-14(18-17-13)19-22(20,21)11-4-5-12(15)10(2)9-11/h3-7,9H,1,8H2,2H3,(H,16,17)(H,18,19). The van der Waals surface area contributed by atoms with E-state index in [-0.39, 0.29) is 10.7 Å². The highest BCUT2D eigenvalue weighted by atomic mass is 35.5. The van der Waals surface area contributed by atoms with E-state index in [0.29, 0.717) is 22.9 Å². The third-order valence-corrected chi connectivity index (χ3v) is 4.55. The normalized spacial score (nSPS) is 11.0. The van der Waals surface area contributed by atoms with Crippen LogP contribution in [0.15, 0.2) is 47.9 Å². The molecule has 0 bridgehead atoms. The van der Waals surface area contributed by atoms with Gasteiger partial charge in [-0.25, -0.2) is 8.42 Å². The predicted molar refractivity (Wildman–Crippen MR) is 87.7 cm³/mol. The van der Waals surface area contributed by atoms with E-state index in [2.05, 4.69) is 26.8 Å². The molecule has 8 heteroatoms. The molecule has 0 radical (unpaired) electrons. The molecule has 1 aromatic carbocycles. The van der Waals surface area contributed by atoms with Crippen molar-refractivity contribution in [3.63, 3.8) is 0 Å². The molecule has 0 unspecified atom stereocenters. The number of aromatic nitrogens is 2. The Bertz CT molecular complexity index is 776. The fraction of sp³-hybridized carbons (Fsp3) is 0.143. The second-order valence-electron chi connectivity index (χ2n) is 4.49. The molecular formula is C14H15ClN4O2S. The van der Waals surface area contributed by atoms with Gasteiger partial charge in [-0.2, -0.15) is 0 Å². The van der Waals surface area contributed by atoms with Gasteiger partial charge in [0.15, 0.2) is 5.82 Å². The molecule has 0 aliphatic heterocycles. The molecule has 0 spiro atoms. The minimum absolute atomic E-state index is 0.116.